The Morgan fingerprint density at radius 3 is 2.51 bits per heavy atom. The van der Waals surface area contributed by atoms with Gasteiger partial charge in [-0.15, -0.1) is 0 Å². The van der Waals surface area contributed by atoms with Crippen molar-refractivity contribution in [3.8, 4) is 5.75 Å². The van der Waals surface area contributed by atoms with Crippen LogP contribution in [0.3, 0.4) is 0 Å². The molecule has 0 bridgehead atoms. The van der Waals surface area contributed by atoms with Crippen molar-refractivity contribution in [3.63, 3.8) is 0 Å². The molecule has 9 heteroatoms. The van der Waals surface area contributed by atoms with E-state index in [0.29, 0.717) is 6.54 Å². The molecule has 0 amide bonds. The fourth-order valence-corrected chi connectivity index (χ4v) is 4.86. The maximum absolute atomic E-state index is 13.0. The molecule has 9 nitrogen and oxygen atoms in total. The summed E-state index contributed by atoms with van der Waals surface area (Å²) in [4.78, 5) is 33.8. The first-order valence-corrected chi connectivity index (χ1v) is 12.4. The Morgan fingerprint density at radius 2 is 1.89 bits per heavy atom. The van der Waals surface area contributed by atoms with Gasteiger partial charge in [0.1, 0.15) is 17.0 Å². The molecule has 1 fully saturated rings. The first-order chi connectivity index (χ1) is 17.5. The van der Waals surface area contributed by atoms with Crippen molar-refractivity contribution >= 4 is 23.0 Å². The lowest BCUT2D eigenvalue weighted by Crippen LogP contribution is -2.46. The van der Waals surface area contributed by atoms with Crippen LogP contribution < -0.4 is 4.74 Å². The number of fused-ring (bicyclic) bond motifs is 1. The first kappa shape index (κ1) is 26.6. The second-order valence-corrected chi connectivity index (χ2v) is 10.5. The minimum atomic E-state index is -0.596. The third-order valence-electron chi connectivity index (χ3n) is 6.66. The van der Waals surface area contributed by atoms with Crippen LogP contribution in [0.2, 0.25) is 0 Å². The van der Waals surface area contributed by atoms with E-state index in [9.17, 15) is 9.59 Å². The third kappa shape index (κ3) is 5.62. The van der Waals surface area contributed by atoms with E-state index < -0.39 is 17.7 Å². The number of methoxy groups -OCH3 is 2. The number of piperazine rings is 1. The Morgan fingerprint density at radius 1 is 1.14 bits per heavy atom. The van der Waals surface area contributed by atoms with Crippen LogP contribution >= 0.6 is 0 Å². The molecule has 0 aliphatic carbocycles. The molecular weight excluding hydrogens is 472 g/mol. The van der Waals surface area contributed by atoms with Gasteiger partial charge < -0.3 is 19.1 Å². The SMILES string of the molecule is COC(=O)c1ccc(C2CN(C)CCN2Cc2c(OC)cc(C)c3c2ccn3C(=O)OC(C)(C)C)cn1. The largest absolute Gasteiger partial charge is 0.496 e. The van der Waals surface area contributed by atoms with Crippen molar-refractivity contribution < 1.29 is 23.8 Å². The number of aromatic nitrogens is 2. The number of nitrogens with zero attached hydrogens (tertiary/aromatic N) is 4. The van der Waals surface area contributed by atoms with E-state index in [1.54, 1.807) is 30.1 Å². The Balaban J connectivity index is 1.72. The van der Waals surface area contributed by atoms with Crippen LogP contribution in [0.25, 0.3) is 10.9 Å². The minimum absolute atomic E-state index is 0.0620. The minimum Gasteiger partial charge on any atom is -0.496 e. The second kappa shape index (κ2) is 10.5. The maximum atomic E-state index is 13.0. The third-order valence-corrected chi connectivity index (χ3v) is 6.66. The standard InChI is InChI=1S/C28H36N4O5/c1-18-14-24(35-6)21(20-10-11-32(25(18)20)27(34)37-28(2,3)4)16-31-13-12-30(5)17-23(31)19-8-9-22(29-15-19)26(33)36-7/h8-11,14-15,23H,12-13,16-17H2,1-7H3. The van der Waals surface area contributed by atoms with Crippen LogP contribution in [0, 0.1) is 6.92 Å². The predicted molar refractivity (Wildman–Crippen MR) is 141 cm³/mol. The Hall–Kier alpha value is -3.43. The second-order valence-electron chi connectivity index (χ2n) is 10.5. The quantitative estimate of drug-likeness (QED) is 0.469. The molecule has 2 aromatic heterocycles. The van der Waals surface area contributed by atoms with E-state index in [-0.39, 0.29) is 11.7 Å². The lowest BCUT2D eigenvalue weighted by atomic mass is 10.00. The van der Waals surface area contributed by atoms with Gasteiger partial charge in [-0.3, -0.25) is 9.47 Å². The molecule has 1 unspecified atom stereocenters. The van der Waals surface area contributed by atoms with Crippen LogP contribution in [0.5, 0.6) is 5.75 Å². The molecule has 1 aromatic carbocycles. The summed E-state index contributed by atoms with van der Waals surface area (Å²) >= 11 is 0. The van der Waals surface area contributed by atoms with E-state index in [0.717, 1.165) is 53.0 Å². The number of hydrogen-bond donors (Lipinski definition) is 0. The summed E-state index contributed by atoms with van der Waals surface area (Å²) in [5.41, 5.74) is 3.48. The van der Waals surface area contributed by atoms with Crippen molar-refractivity contribution in [1.29, 1.82) is 0 Å². The van der Waals surface area contributed by atoms with Crippen LogP contribution in [-0.2, 0) is 16.0 Å². The molecule has 0 saturated carbocycles. The molecule has 3 heterocycles. The Labute approximate surface area is 217 Å². The fourth-order valence-electron chi connectivity index (χ4n) is 4.86. The van der Waals surface area contributed by atoms with Gasteiger partial charge in [0.25, 0.3) is 0 Å². The maximum Gasteiger partial charge on any atom is 0.419 e. The van der Waals surface area contributed by atoms with Crippen LogP contribution in [-0.4, -0.2) is 77.9 Å². The summed E-state index contributed by atoms with van der Waals surface area (Å²) < 4.78 is 17.8. The van der Waals surface area contributed by atoms with Gasteiger partial charge >= 0.3 is 12.1 Å². The summed E-state index contributed by atoms with van der Waals surface area (Å²) in [5.74, 6) is 0.328. The predicted octanol–water partition coefficient (Wildman–Crippen LogP) is 4.41. The number of hydrogen-bond acceptors (Lipinski definition) is 8. The zero-order chi connectivity index (χ0) is 26.9. The summed E-state index contributed by atoms with van der Waals surface area (Å²) in [6.07, 6.45) is 3.12. The molecule has 1 aliphatic heterocycles. The number of pyridine rings is 1. The summed E-state index contributed by atoms with van der Waals surface area (Å²) in [5, 5.41) is 0.958. The van der Waals surface area contributed by atoms with Gasteiger partial charge in [-0.05, 0) is 64.1 Å². The molecule has 1 aliphatic rings. The number of ether oxygens (including phenoxy) is 3. The summed E-state index contributed by atoms with van der Waals surface area (Å²) in [6, 6.07) is 7.65. The highest BCUT2D eigenvalue weighted by Gasteiger charge is 2.30. The van der Waals surface area contributed by atoms with Crippen LogP contribution in [0.4, 0.5) is 4.79 Å². The molecule has 0 N–H and O–H groups in total. The Bertz CT molecular complexity index is 1290. The molecule has 3 aromatic rings. The van der Waals surface area contributed by atoms with E-state index in [2.05, 4.69) is 21.8 Å². The fraction of sp³-hybridized carbons (Fsp3) is 0.464. The lowest BCUT2D eigenvalue weighted by Gasteiger charge is -2.40. The molecule has 0 spiro atoms. The molecule has 37 heavy (non-hydrogen) atoms. The van der Waals surface area contributed by atoms with Gasteiger partial charge in [-0.25, -0.2) is 14.6 Å². The molecule has 198 valence electrons. The van der Waals surface area contributed by atoms with E-state index in [4.69, 9.17) is 14.2 Å². The van der Waals surface area contributed by atoms with Crippen LogP contribution in [0.15, 0.2) is 36.7 Å². The van der Waals surface area contributed by atoms with Crippen LogP contribution in [0.1, 0.15) is 54.0 Å². The molecule has 0 radical (unpaired) electrons. The highest BCUT2D eigenvalue weighted by Crippen LogP contribution is 2.36. The van der Waals surface area contributed by atoms with Gasteiger partial charge in [-0.1, -0.05) is 6.07 Å². The summed E-state index contributed by atoms with van der Waals surface area (Å²) in [7, 11) is 5.12. The number of rotatable bonds is 5. The number of carbonyl (C=O) groups excluding carboxylic acids is 2. The summed E-state index contributed by atoms with van der Waals surface area (Å²) in [6.45, 7) is 10.7. The number of esters is 1. The topological polar surface area (TPSA) is 86.1 Å². The van der Waals surface area contributed by atoms with Gasteiger partial charge in [0.15, 0.2) is 0 Å². The molecule has 4 rings (SSSR count). The number of likely N-dealkylation sites (N-methyl/N-ethyl adjacent to an activating group) is 1. The van der Waals surface area contributed by atoms with Crippen molar-refractivity contribution in [1.82, 2.24) is 19.4 Å². The number of carbonyl (C=O) groups is 2. The monoisotopic (exact) mass is 508 g/mol. The first-order valence-electron chi connectivity index (χ1n) is 12.4. The van der Waals surface area contributed by atoms with Crippen molar-refractivity contribution in [2.75, 3.05) is 40.9 Å². The average molecular weight is 509 g/mol. The van der Waals surface area contributed by atoms with E-state index in [1.807, 2.05) is 45.9 Å². The zero-order valence-corrected chi connectivity index (χ0v) is 22.7. The van der Waals surface area contributed by atoms with Crippen molar-refractivity contribution in [2.24, 2.45) is 0 Å². The zero-order valence-electron chi connectivity index (χ0n) is 22.7. The van der Waals surface area contributed by atoms with Gasteiger partial charge in [0.2, 0.25) is 0 Å². The van der Waals surface area contributed by atoms with E-state index in [1.165, 1.54) is 7.11 Å². The van der Waals surface area contributed by atoms with Gasteiger partial charge in [0.05, 0.1) is 19.7 Å². The molecule has 1 saturated heterocycles. The molecular formula is C28H36N4O5. The van der Waals surface area contributed by atoms with Crippen molar-refractivity contribution in [2.45, 2.75) is 45.9 Å². The van der Waals surface area contributed by atoms with Gasteiger partial charge in [-0.2, -0.15) is 0 Å². The normalized spacial score (nSPS) is 17.1. The highest BCUT2D eigenvalue weighted by atomic mass is 16.6. The number of aryl methyl sites for hydroxylation is 1. The Kier molecular flexibility index (Phi) is 7.57. The highest BCUT2D eigenvalue weighted by molar-refractivity contribution is 5.95. The van der Waals surface area contributed by atoms with Crippen molar-refractivity contribution in [3.05, 3.63) is 59.0 Å². The van der Waals surface area contributed by atoms with Gasteiger partial charge in [0, 0.05) is 55.6 Å². The average Bonchev–Trinajstić information content (AvgIpc) is 3.31. The number of benzene rings is 1. The van der Waals surface area contributed by atoms with E-state index >= 15 is 0 Å². The smallest absolute Gasteiger partial charge is 0.419 e. The lowest BCUT2D eigenvalue weighted by molar-refractivity contribution is 0.0542. The molecule has 1 atom stereocenters.